The molecular weight excluding hydrogens is 166 g/mol. The van der Waals surface area contributed by atoms with Gasteiger partial charge in [0.2, 0.25) is 0 Å². The van der Waals surface area contributed by atoms with Crippen molar-refractivity contribution in [1.29, 1.82) is 0 Å². The Balaban J connectivity index is 2.26. The molecule has 1 nitrogen and oxygen atoms in total. The van der Waals surface area contributed by atoms with E-state index >= 15 is 0 Å². The standard InChI is InChI=1S/C10H21NS/c1-3-10-7-5-6-8-11(10)9-12-4-2/h10H,3-9H2,1-2H3. The molecule has 1 aliphatic rings. The average Bonchev–Trinajstić information content (AvgIpc) is 2.15. The van der Waals surface area contributed by atoms with E-state index in [2.05, 4.69) is 30.5 Å². The smallest absolute Gasteiger partial charge is 0.0447 e. The van der Waals surface area contributed by atoms with Gasteiger partial charge in [0.15, 0.2) is 0 Å². The fourth-order valence-corrected chi connectivity index (χ4v) is 2.66. The summed E-state index contributed by atoms with van der Waals surface area (Å²) in [6.07, 6.45) is 5.64. The number of rotatable bonds is 4. The summed E-state index contributed by atoms with van der Waals surface area (Å²) in [5.41, 5.74) is 0. The second kappa shape index (κ2) is 5.87. The highest BCUT2D eigenvalue weighted by Crippen LogP contribution is 2.21. The summed E-state index contributed by atoms with van der Waals surface area (Å²) in [5, 5.41) is 0. The van der Waals surface area contributed by atoms with Crippen LogP contribution in [0.4, 0.5) is 0 Å². The second-order valence-electron chi connectivity index (χ2n) is 3.49. The first-order chi connectivity index (χ1) is 5.88. The van der Waals surface area contributed by atoms with Crippen LogP contribution >= 0.6 is 11.8 Å². The van der Waals surface area contributed by atoms with Crippen molar-refractivity contribution in [3.05, 3.63) is 0 Å². The lowest BCUT2D eigenvalue weighted by atomic mass is 10.0. The van der Waals surface area contributed by atoms with Gasteiger partial charge in [-0.1, -0.05) is 20.3 Å². The van der Waals surface area contributed by atoms with Crippen molar-refractivity contribution >= 4 is 11.8 Å². The number of hydrogen-bond donors (Lipinski definition) is 0. The van der Waals surface area contributed by atoms with Gasteiger partial charge in [0, 0.05) is 11.9 Å². The fourth-order valence-electron chi connectivity index (χ4n) is 1.90. The summed E-state index contributed by atoms with van der Waals surface area (Å²) < 4.78 is 0. The Hall–Kier alpha value is 0.310. The molecule has 1 rings (SSSR count). The molecule has 0 aromatic carbocycles. The number of likely N-dealkylation sites (tertiary alicyclic amines) is 1. The second-order valence-corrected chi connectivity index (χ2v) is 4.74. The summed E-state index contributed by atoms with van der Waals surface area (Å²) >= 11 is 2.06. The van der Waals surface area contributed by atoms with Crippen molar-refractivity contribution in [2.75, 3.05) is 18.2 Å². The van der Waals surface area contributed by atoms with Crippen LogP contribution < -0.4 is 0 Å². The number of thioether (sulfide) groups is 1. The molecule has 0 aromatic heterocycles. The van der Waals surface area contributed by atoms with E-state index in [1.54, 1.807) is 0 Å². The first-order valence-electron chi connectivity index (χ1n) is 5.20. The molecule has 72 valence electrons. The lowest BCUT2D eigenvalue weighted by molar-refractivity contribution is 0.172. The van der Waals surface area contributed by atoms with Crippen LogP contribution in [-0.4, -0.2) is 29.1 Å². The van der Waals surface area contributed by atoms with E-state index < -0.39 is 0 Å². The molecule has 12 heavy (non-hydrogen) atoms. The Kier molecular flexibility index (Phi) is 5.08. The number of piperidine rings is 1. The molecule has 1 heterocycles. The first-order valence-corrected chi connectivity index (χ1v) is 6.35. The van der Waals surface area contributed by atoms with Gasteiger partial charge in [0.1, 0.15) is 0 Å². The monoisotopic (exact) mass is 187 g/mol. The van der Waals surface area contributed by atoms with Gasteiger partial charge in [-0.15, -0.1) is 11.8 Å². The van der Waals surface area contributed by atoms with Crippen LogP contribution in [0.2, 0.25) is 0 Å². The molecule has 0 saturated carbocycles. The zero-order chi connectivity index (χ0) is 8.81. The summed E-state index contributed by atoms with van der Waals surface area (Å²) in [4.78, 5) is 2.66. The Bertz CT molecular complexity index is 116. The maximum Gasteiger partial charge on any atom is 0.0447 e. The molecule has 0 spiro atoms. The average molecular weight is 187 g/mol. The molecule has 0 aromatic rings. The molecule has 0 N–H and O–H groups in total. The third-order valence-electron chi connectivity index (χ3n) is 2.68. The maximum atomic E-state index is 2.66. The van der Waals surface area contributed by atoms with E-state index in [-0.39, 0.29) is 0 Å². The van der Waals surface area contributed by atoms with Crippen molar-refractivity contribution in [1.82, 2.24) is 4.90 Å². The minimum absolute atomic E-state index is 0.887. The van der Waals surface area contributed by atoms with Gasteiger partial charge < -0.3 is 0 Å². The summed E-state index contributed by atoms with van der Waals surface area (Å²) in [6, 6.07) is 0.887. The number of hydrogen-bond acceptors (Lipinski definition) is 2. The van der Waals surface area contributed by atoms with Crippen molar-refractivity contribution in [3.63, 3.8) is 0 Å². The lowest BCUT2D eigenvalue weighted by Gasteiger charge is -2.34. The van der Waals surface area contributed by atoms with Crippen LogP contribution in [0.15, 0.2) is 0 Å². The van der Waals surface area contributed by atoms with Crippen molar-refractivity contribution in [3.8, 4) is 0 Å². The fraction of sp³-hybridized carbons (Fsp3) is 1.00. The number of nitrogens with zero attached hydrogens (tertiary/aromatic N) is 1. The zero-order valence-electron chi connectivity index (χ0n) is 8.38. The molecule has 0 radical (unpaired) electrons. The molecule has 1 saturated heterocycles. The SMILES string of the molecule is CCSCN1CCCCC1CC. The zero-order valence-corrected chi connectivity index (χ0v) is 9.20. The Labute approximate surface area is 80.9 Å². The Morgan fingerprint density at radius 2 is 2.17 bits per heavy atom. The molecule has 1 fully saturated rings. The van der Waals surface area contributed by atoms with Gasteiger partial charge in [-0.2, -0.15) is 0 Å². The minimum atomic E-state index is 0.887. The third-order valence-corrected chi connectivity index (χ3v) is 3.60. The lowest BCUT2D eigenvalue weighted by Crippen LogP contribution is -2.38. The van der Waals surface area contributed by atoms with Gasteiger partial charge in [0.25, 0.3) is 0 Å². The van der Waals surface area contributed by atoms with E-state index in [4.69, 9.17) is 0 Å². The first kappa shape index (κ1) is 10.4. The van der Waals surface area contributed by atoms with Crippen LogP contribution in [0.3, 0.4) is 0 Å². The minimum Gasteiger partial charge on any atom is -0.291 e. The van der Waals surface area contributed by atoms with Crippen molar-refractivity contribution in [2.24, 2.45) is 0 Å². The van der Waals surface area contributed by atoms with E-state index in [1.807, 2.05) is 0 Å². The molecule has 0 bridgehead atoms. The molecule has 2 heteroatoms. The predicted octanol–water partition coefficient (Wildman–Crippen LogP) is 2.96. The highest BCUT2D eigenvalue weighted by molar-refractivity contribution is 7.99. The van der Waals surface area contributed by atoms with Crippen LogP contribution in [0.25, 0.3) is 0 Å². The van der Waals surface area contributed by atoms with Crippen molar-refractivity contribution in [2.45, 2.75) is 45.6 Å². The third kappa shape index (κ3) is 2.98. The molecule has 0 amide bonds. The molecule has 1 unspecified atom stereocenters. The summed E-state index contributed by atoms with van der Waals surface area (Å²) in [6.45, 7) is 5.90. The van der Waals surface area contributed by atoms with E-state index in [0.29, 0.717) is 0 Å². The van der Waals surface area contributed by atoms with Gasteiger partial charge in [-0.05, 0) is 31.6 Å². The normalized spacial score (nSPS) is 26.0. The van der Waals surface area contributed by atoms with Crippen LogP contribution in [0.1, 0.15) is 39.5 Å². The highest BCUT2D eigenvalue weighted by Gasteiger charge is 2.19. The highest BCUT2D eigenvalue weighted by atomic mass is 32.2. The van der Waals surface area contributed by atoms with E-state index in [0.717, 1.165) is 6.04 Å². The van der Waals surface area contributed by atoms with Gasteiger partial charge in [-0.3, -0.25) is 4.90 Å². The van der Waals surface area contributed by atoms with Gasteiger partial charge in [-0.25, -0.2) is 0 Å². The predicted molar refractivity (Wildman–Crippen MR) is 57.6 cm³/mol. The molecule has 1 aliphatic heterocycles. The molecule has 1 atom stereocenters. The molecular formula is C10H21NS. The van der Waals surface area contributed by atoms with Gasteiger partial charge >= 0.3 is 0 Å². The van der Waals surface area contributed by atoms with Crippen LogP contribution in [-0.2, 0) is 0 Å². The van der Waals surface area contributed by atoms with E-state index in [1.165, 1.54) is 43.9 Å². The van der Waals surface area contributed by atoms with Crippen molar-refractivity contribution < 1.29 is 0 Å². The Morgan fingerprint density at radius 1 is 1.33 bits per heavy atom. The van der Waals surface area contributed by atoms with Crippen LogP contribution in [0, 0.1) is 0 Å². The molecule has 0 aliphatic carbocycles. The van der Waals surface area contributed by atoms with Gasteiger partial charge in [0.05, 0.1) is 0 Å². The summed E-state index contributed by atoms with van der Waals surface area (Å²) in [5.74, 6) is 2.52. The Morgan fingerprint density at radius 3 is 2.83 bits per heavy atom. The van der Waals surface area contributed by atoms with E-state index in [9.17, 15) is 0 Å². The maximum absolute atomic E-state index is 2.66. The topological polar surface area (TPSA) is 3.24 Å². The largest absolute Gasteiger partial charge is 0.291 e. The van der Waals surface area contributed by atoms with Crippen LogP contribution in [0.5, 0.6) is 0 Å². The quantitative estimate of drug-likeness (QED) is 0.665. The summed E-state index contributed by atoms with van der Waals surface area (Å²) in [7, 11) is 0.